The highest BCUT2D eigenvalue weighted by Gasteiger charge is 2.29. The van der Waals surface area contributed by atoms with Crippen LogP contribution in [-0.2, 0) is 10.0 Å². The third-order valence-electron chi connectivity index (χ3n) is 6.31. The average Bonchev–Trinajstić information content (AvgIpc) is 2.80. The number of fused-ring (bicyclic) bond motifs is 1. The Morgan fingerprint density at radius 1 is 1.12 bits per heavy atom. The molecular weight excluding hydrogens is 452 g/mol. The molecule has 9 nitrogen and oxygen atoms in total. The van der Waals surface area contributed by atoms with Gasteiger partial charge >= 0.3 is 0 Å². The summed E-state index contributed by atoms with van der Waals surface area (Å²) in [6.45, 7) is 5.96. The van der Waals surface area contributed by atoms with E-state index in [0.717, 1.165) is 41.5 Å². The summed E-state index contributed by atoms with van der Waals surface area (Å²) in [5, 5.41) is 10.7. The van der Waals surface area contributed by atoms with E-state index in [4.69, 9.17) is 4.74 Å². The molecule has 0 amide bonds. The standard InChI is InChI=1S/C24H28N6O3S/c1-15-13-30(14-16(2)29(15)3)23-19(10-25)12-26-21-7-6-17(8-20(21)23)18-9-22(28-34(5,31)32)24(33-4)27-11-18/h6-9,11-12,15-16,28H,13-14H2,1-5H3/t15-,16+. The molecule has 10 heteroatoms. The Morgan fingerprint density at radius 2 is 1.82 bits per heavy atom. The highest BCUT2D eigenvalue weighted by Crippen LogP contribution is 2.36. The Balaban J connectivity index is 1.86. The summed E-state index contributed by atoms with van der Waals surface area (Å²) < 4.78 is 31.3. The largest absolute Gasteiger partial charge is 0.480 e. The second kappa shape index (κ2) is 9.08. The lowest BCUT2D eigenvalue weighted by Crippen LogP contribution is -2.55. The van der Waals surface area contributed by atoms with E-state index in [2.05, 4.69) is 51.5 Å². The number of anilines is 2. The van der Waals surface area contributed by atoms with Gasteiger partial charge in [0.25, 0.3) is 0 Å². The van der Waals surface area contributed by atoms with Crippen molar-refractivity contribution in [1.29, 1.82) is 5.26 Å². The highest BCUT2D eigenvalue weighted by atomic mass is 32.2. The minimum absolute atomic E-state index is 0.185. The van der Waals surface area contributed by atoms with Crippen molar-refractivity contribution in [1.82, 2.24) is 14.9 Å². The summed E-state index contributed by atoms with van der Waals surface area (Å²) in [6, 6.07) is 10.5. The van der Waals surface area contributed by atoms with Crippen molar-refractivity contribution in [3.05, 3.63) is 42.2 Å². The van der Waals surface area contributed by atoms with Crippen molar-refractivity contribution in [2.24, 2.45) is 0 Å². The molecule has 1 aliphatic heterocycles. The number of piperazine rings is 1. The zero-order valence-corrected chi connectivity index (χ0v) is 20.7. The van der Waals surface area contributed by atoms with Crippen molar-refractivity contribution in [3.8, 4) is 23.1 Å². The molecule has 0 aliphatic carbocycles. The molecule has 3 aromatic rings. The third-order valence-corrected chi connectivity index (χ3v) is 6.90. The topological polar surface area (TPSA) is 111 Å². The van der Waals surface area contributed by atoms with E-state index in [9.17, 15) is 13.7 Å². The minimum Gasteiger partial charge on any atom is -0.480 e. The Morgan fingerprint density at radius 3 is 2.44 bits per heavy atom. The maximum absolute atomic E-state index is 11.8. The molecule has 2 aromatic heterocycles. The SMILES string of the molecule is COc1ncc(-c2ccc3ncc(C#N)c(N4C[C@@H](C)N(C)[C@@H](C)C4)c3c2)cc1NS(C)(=O)=O. The van der Waals surface area contributed by atoms with E-state index in [1.165, 1.54) is 7.11 Å². The molecule has 1 fully saturated rings. The van der Waals surface area contributed by atoms with Gasteiger partial charge in [-0.25, -0.2) is 13.4 Å². The molecule has 0 spiro atoms. The van der Waals surface area contributed by atoms with Gasteiger partial charge in [0, 0.05) is 48.5 Å². The second-order valence-corrected chi connectivity index (χ2v) is 10.5. The molecule has 0 bridgehead atoms. The highest BCUT2D eigenvalue weighted by molar-refractivity contribution is 7.92. The molecule has 178 valence electrons. The predicted octanol–water partition coefficient (Wildman–Crippen LogP) is 3.08. The van der Waals surface area contributed by atoms with Gasteiger partial charge in [-0.05, 0) is 44.7 Å². The normalized spacial score (nSPS) is 19.1. The van der Waals surface area contributed by atoms with Crippen molar-refractivity contribution < 1.29 is 13.2 Å². The molecule has 1 saturated heterocycles. The number of hydrogen-bond acceptors (Lipinski definition) is 8. The van der Waals surface area contributed by atoms with Gasteiger partial charge in [0.1, 0.15) is 11.8 Å². The molecule has 1 aromatic carbocycles. The van der Waals surface area contributed by atoms with Crippen molar-refractivity contribution in [3.63, 3.8) is 0 Å². The number of nitrogens with one attached hydrogen (secondary N) is 1. The van der Waals surface area contributed by atoms with Crippen LogP contribution in [0.4, 0.5) is 11.4 Å². The van der Waals surface area contributed by atoms with Crippen LogP contribution in [0.15, 0.2) is 36.7 Å². The van der Waals surface area contributed by atoms with Gasteiger partial charge in [0.15, 0.2) is 0 Å². The van der Waals surface area contributed by atoms with Gasteiger partial charge in [-0.3, -0.25) is 14.6 Å². The van der Waals surface area contributed by atoms with E-state index < -0.39 is 10.0 Å². The van der Waals surface area contributed by atoms with Crippen LogP contribution in [-0.4, -0.2) is 68.9 Å². The molecule has 0 unspecified atom stereocenters. The van der Waals surface area contributed by atoms with Gasteiger partial charge in [-0.15, -0.1) is 0 Å². The number of rotatable bonds is 5. The molecule has 34 heavy (non-hydrogen) atoms. The Kier molecular flexibility index (Phi) is 6.34. The zero-order chi connectivity index (χ0) is 24.6. The predicted molar refractivity (Wildman–Crippen MR) is 134 cm³/mol. The first kappa shape index (κ1) is 23.7. The number of hydrogen-bond donors (Lipinski definition) is 1. The lowest BCUT2D eigenvalue weighted by atomic mass is 10.00. The van der Waals surface area contributed by atoms with Crippen LogP contribution >= 0.6 is 0 Å². The number of nitrogens with zero attached hydrogens (tertiary/aromatic N) is 5. The molecule has 0 radical (unpaired) electrons. The fourth-order valence-corrected chi connectivity index (χ4v) is 4.96. The zero-order valence-electron chi connectivity index (χ0n) is 19.9. The van der Waals surface area contributed by atoms with Crippen LogP contribution in [0.25, 0.3) is 22.0 Å². The number of aromatic nitrogens is 2. The Hall–Kier alpha value is -3.42. The fraction of sp³-hybridized carbons (Fsp3) is 0.375. The van der Waals surface area contributed by atoms with Crippen molar-refractivity contribution >= 4 is 32.3 Å². The van der Waals surface area contributed by atoms with E-state index in [1.54, 1.807) is 18.5 Å². The molecule has 1 aliphatic rings. The minimum atomic E-state index is -3.52. The molecule has 2 atom stereocenters. The first-order valence-electron chi connectivity index (χ1n) is 10.9. The average molecular weight is 481 g/mol. The number of ether oxygens (including phenoxy) is 1. The summed E-state index contributed by atoms with van der Waals surface area (Å²) in [6.07, 6.45) is 4.34. The molecular formula is C24H28N6O3S. The smallest absolute Gasteiger partial charge is 0.238 e. The van der Waals surface area contributed by atoms with Gasteiger partial charge in [0.2, 0.25) is 15.9 Å². The summed E-state index contributed by atoms with van der Waals surface area (Å²) in [5.74, 6) is 0.185. The number of sulfonamides is 1. The Labute approximate surface area is 200 Å². The fourth-order valence-electron chi connectivity index (χ4n) is 4.41. The van der Waals surface area contributed by atoms with Crippen LogP contribution < -0.4 is 14.4 Å². The van der Waals surface area contributed by atoms with Crippen LogP contribution in [0.5, 0.6) is 5.88 Å². The summed E-state index contributed by atoms with van der Waals surface area (Å²) >= 11 is 0. The van der Waals surface area contributed by atoms with E-state index in [1.807, 2.05) is 18.2 Å². The van der Waals surface area contributed by atoms with E-state index in [-0.39, 0.29) is 11.6 Å². The van der Waals surface area contributed by atoms with Crippen LogP contribution in [0.1, 0.15) is 19.4 Å². The molecule has 1 N–H and O–H groups in total. The number of likely N-dealkylation sites (N-methyl/N-ethyl adjacent to an activating group) is 1. The van der Waals surface area contributed by atoms with E-state index in [0.29, 0.717) is 23.2 Å². The molecule has 4 rings (SSSR count). The van der Waals surface area contributed by atoms with Gasteiger partial charge in [0.05, 0.1) is 30.1 Å². The third kappa shape index (κ3) is 4.62. The van der Waals surface area contributed by atoms with Crippen LogP contribution in [0.3, 0.4) is 0 Å². The maximum Gasteiger partial charge on any atom is 0.238 e. The van der Waals surface area contributed by atoms with Crippen LogP contribution in [0.2, 0.25) is 0 Å². The number of nitriles is 1. The maximum atomic E-state index is 11.8. The summed E-state index contributed by atoms with van der Waals surface area (Å²) in [5.41, 5.74) is 3.98. The second-order valence-electron chi connectivity index (χ2n) is 8.79. The quantitative estimate of drug-likeness (QED) is 0.593. The lowest BCUT2D eigenvalue weighted by molar-refractivity contribution is 0.170. The monoisotopic (exact) mass is 480 g/mol. The van der Waals surface area contributed by atoms with Gasteiger partial charge in [-0.1, -0.05) is 6.07 Å². The summed E-state index contributed by atoms with van der Waals surface area (Å²) in [7, 11) is 0.0445. The number of pyridine rings is 2. The Bertz CT molecular complexity index is 1370. The van der Waals surface area contributed by atoms with E-state index >= 15 is 0 Å². The first-order chi connectivity index (χ1) is 16.1. The number of benzene rings is 1. The molecule has 0 saturated carbocycles. The number of methoxy groups -OCH3 is 1. The van der Waals surface area contributed by atoms with Crippen molar-refractivity contribution in [2.75, 3.05) is 43.1 Å². The molecule has 3 heterocycles. The van der Waals surface area contributed by atoms with Crippen LogP contribution in [0, 0.1) is 11.3 Å². The van der Waals surface area contributed by atoms with Gasteiger partial charge < -0.3 is 9.64 Å². The first-order valence-corrected chi connectivity index (χ1v) is 12.8. The summed E-state index contributed by atoms with van der Waals surface area (Å²) in [4.78, 5) is 13.4. The van der Waals surface area contributed by atoms with Gasteiger partial charge in [-0.2, -0.15) is 5.26 Å². The van der Waals surface area contributed by atoms with Crippen molar-refractivity contribution in [2.45, 2.75) is 25.9 Å². The lowest BCUT2D eigenvalue weighted by Gasteiger charge is -2.44.